The number of ether oxygens (including phenoxy) is 5. The second-order valence-corrected chi connectivity index (χ2v) is 9.41. The largest absolute Gasteiger partial charge is 0.382 e. The maximum absolute atomic E-state index is 6.29. The smallest absolute Gasteiger partial charge is 0.0936 e. The molecule has 0 bridgehead atoms. The molecule has 0 spiro atoms. The van der Waals surface area contributed by atoms with E-state index in [4.69, 9.17) is 28.5 Å². The van der Waals surface area contributed by atoms with E-state index in [0.29, 0.717) is 59.5 Å². The Kier molecular flexibility index (Phi) is 12.1. The molecule has 1 saturated heterocycles. The molecule has 0 aliphatic carbocycles. The summed E-state index contributed by atoms with van der Waals surface area (Å²) in [4.78, 5) is 6.29. The van der Waals surface area contributed by atoms with Crippen LogP contribution in [0.2, 0.25) is 0 Å². The first kappa shape index (κ1) is 27.2. The highest BCUT2D eigenvalue weighted by molar-refractivity contribution is 5.13. The fourth-order valence-electron chi connectivity index (χ4n) is 4.31. The van der Waals surface area contributed by atoms with Crippen LogP contribution in [-0.2, 0) is 35.1 Å². The molecule has 0 unspecified atom stereocenters. The number of benzene rings is 1. The number of methoxy groups -OCH3 is 1. The minimum atomic E-state index is -0.124. The lowest BCUT2D eigenvalue weighted by Crippen LogP contribution is -2.61. The fourth-order valence-corrected chi connectivity index (χ4v) is 4.31. The Hall–Kier alpha value is -1.06. The van der Waals surface area contributed by atoms with Gasteiger partial charge in [0.05, 0.1) is 65.6 Å². The summed E-state index contributed by atoms with van der Waals surface area (Å²) >= 11 is 0. The molecular formula is C25H43NO6. The Labute approximate surface area is 194 Å². The zero-order valence-electron chi connectivity index (χ0n) is 20.6. The zero-order chi connectivity index (χ0) is 23.3. The van der Waals surface area contributed by atoms with Gasteiger partial charge in [0, 0.05) is 18.2 Å². The van der Waals surface area contributed by atoms with Crippen molar-refractivity contribution in [3.63, 3.8) is 0 Å². The van der Waals surface area contributed by atoms with Crippen LogP contribution in [0.15, 0.2) is 30.3 Å². The third-order valence-electron chi connectivity index (χ3n) is 5.51. The van der Waals surface area contributed by atoms with Crippen molar-refractivity contribution >= 4 is 0 Å². The molecule has 1 aliphatic heterocycles. The molecule has 1 aromatic rings. The van der Waals surface area contributed by atoms with Crippen molar-refractivity contribution in [3.05, 3.63) is 35.9 Å². The van der Waals surface area contributed by atoms with E-state index in [1.54, 1.807) is 7.11 Å². The highest BCUT2D eigenvalue weighted by atomic mass is 16.7. The Morgan fingerprint density at radius 1 is 0.750 bits per heavy atom. The molecule has 0 atom stereocenters. The standard InChI is InChI=1S/C25H43NO6/c1-24(2)19-23(31-18-17-30-16-15-29-14-13-28-12-11-27-5)20-25(3,4)26(24)32-21-22-9-7-6-8-10-22/h6-10,23H,11-21H2,1-5H3. The van der Waals surface area contributed by atoms with E-state index in [-0.39, 0.29) is 17.2 Å². The molecule has 7 nitrogen and oxygen atoms in total. The molecule has 1 fully saturated rings. The minimum Gasteiger partial charge on any atom is -0.382 e. The first-order chi connectivity index (χ1) is 15.3. The van der Waals surface area contributed by atoms with Crippen LogP contribution in [0.4, 0.5) is 0 Å². The van der Waals surface area contributed by atoms with Gasteiger partial charge in [-0.3, -0.25) is 4.84 Å². The van der Waals surface area contributed by atoms with Crippen molar-refractivity contribution in [2.45, 2.75) is 64.3 Å². The number of hydrogen-bond donors (Lipinski definition) is 0. The number of rotatable bonds is 16. The predicted octanol–water partition coefficient (Wildman–Crippen LogP) is 3.85. The molecule has 32 heavy (non-hydrogen) atoms. The van der Waals surface area contributed by atoms with Crippen LogP contribution >= 0.6 is 0 Å². The number of nitrogens with zero attached hydrogens (tertiary/aromatic N) is 1. The van der Waals surface area contributed by atoms with Gasteiger partial charge in [0.1, 0.15) is 0 Å². The molecule has 184 valence electrons. The first-order valence-corrected chi connectivity index (χ1v) is 11.7. The lowest BCUT2D eigenvalue weighted by atomic mass is 9.80. The van der Waals surface area contributed by atoms with E-state index < -0.39 is 0 Å². The first-order valence-electron chi connectivity index (χ1n) is 11.7. The van der Waals surface area contributed by atoms with E-state index in [1.807, 2.05) is 18.2 Å². The zero-order valence-corrected chi connectivity index (χ0v) is 20.6. The van der Waals surface area contributed by atoms with Crippen LogP contribution in [0, 0.1) is 0 Å². The monoisotopic (exact) mass is 453 g/mol. The summed E-state index contributed by atoms with van der Waals surface area (Å²) < 4.78 is 27.5. The van der Waals surface area contributed by atoms with E-state index in [0.717, 1.165) is 12.8 Å². The van der Waals surface area contributed by atoms with Crippen LogP contribution in [0.3, 0.4) is 0 Å². The van der Waals surface area contributed by atoms with E-state index in [9.17, 15) is 0 Å². The van der Waals surface area contributed by atoms with Gasteiger partial charge in [-0.1, -0.05) is 30.3 Å². The van der Waals surface area contributed by atoms with E-state index in [1.165, 1.54) is 5.56 Å². The van der Waals surface area contributed by atoms with Gasteiger partial charge in [-0.15, -0.1) is 0 Å². The maximum Gasteiger partial charge on any atom is 0.0936 e. The van der Waals surface area contributed by atoms with Gasteiger partial charge in [0.2, 0.25) is 0 Å². The normalized spacial score (nSPS) is 18.8. The summed E-state index contributed by atoms with van der Waals surface area (Å²) in [5.41, 5.74) is 0.930. The maximum atomic E-state index is 6.29. The topological polar surface area (TPSA) is 58.6 Å². The van der Waals surface area contributed by atoms with E-state index >= 15 is 0 Å². The van der Waals surface area contributed by atoms with Crippen LogP contribution < -0.4 is 0 Å². The van der Waals surface area contributed by atoms with Crippen molar-refractivity contribution in [2.24, 2.45) is 0 Å². The predicted molar refractivity (Wildman–Crippen MR) is 125 cm³/mol. The minimum absolute atomic E-state index is 0.124. The van der Waals surface area contributed by atoms with Gasteiger partial charge in [-0.25, -0.2) is 0 Å². The molecule has 7 heteroatoms. The third kappa shape index (κ3) is 9.83. The van der Waals surface area contributed by atoms with Gasteiger partial charge < -0.3 is 23.7 Å². The van der Waals surface area contributed by atoms with E-state index in [2.05, 4.69) is 44.9 Å². The second-order valence-electron chi connectivity index (χ2n) is 9.41. The molecule has 0 aromatic heterocycles. The Balaban J connectivity index is 1.60. The number of hydroxylamine groups is 2. The molecule has 0 saturated carbocycles. The van der Waals surface area contributed by atoms with Gasteiger partial charge >= 0.3 is 0 Å². The van der Waals surface area contributed by atoms with Crippen molar-refractivity contribution in [1.82, 2.24) is 5.06 Å². The molecular weight excluding hydrogens is 410 g/mol. The molecule has 0 N–H and O–H groups in total. The van der Waals surface area contributed by atoms with Crippen LogP contribution in [0.5, 0.6) is 0 Å². The molecule has 0 radical (unpaired) electrons. The Morgan fingerprint density at radius 3 is 1.78 bits per heavy atom. The van der Waals surface area contributed by atoms with Crippen LogP contribution in [0.25, 0.3) is 0 Å². The fraction of sp³-hybridized carbons (Fsp3) is 0.760. The van der Waals surface area contributed by atoms with Crippen molar-refractivity contribution in [2.75, 3.05) is 60.0 Å². The van der Waals surface area contributed by atoms with Gasteiger partial charge in [-0.05, 0) is 46.1 Å². The van der Waals surface area contributed by atoms with Crippen LogP contribution in [-0.4, -0.2) is 82.2 Å². The van der Waals surface area contributed by atoms with Crippen molar-refractivity contribution in [1.29, 1.82) is 0 Å². The lowest BCUT2D eigenvalue weighted by Gasteiger charge is -2.53. The average Bonchev–Trinajstić information content (AvgIpc) is 2.73. The summed E-state index contributed by atoms with van der Waals surface area (Å²) in [6.45, 7) is 14.1. The van der Waals surface area contributed by atoms with Crippen molar-refractivity contribution in [3.8, 4) is 0 Å². The summed E-state index contributed by atoms with van der Waals surface area (Å²) in [7, 11) is 1.66. The van der Waals surface area contributed by atoms with Gasteiger partial charge in [0.25, 0.3) is 0 Å². The second kappa shape index (κ2) is 14.3. The Bertz CT molecular complexity index is 592. The van der Waals surface area contributed by atoms with Crippen molar-refractivity contribution < 1.29 is 28.5 Å². The summed E-state index contributed by atoms with van der Waals surface area (Å²) in [6.07, 6.45) is 2.01. The highest BCUT2D eigenvalue weighted by Gasteiger charge is 2.46. The molecule has 1 aromatic carbocycles. The number of piperidine rings is 1. The third-order valence-corrected chi connectivity index (χ3v) is 5.51. The molecule has 2 rings (SSSR count). The lowest BCUT2D eigenvalue weighted by molar-refractivity contribution is -0.301. The summed E-state index contributed by atoms with van der Waals surface area (Å²) in [5, 5.41) is 2.17. The average molecular weight is 454 g/mol. The number of hydrogen-bond acceptors (Lipinski definition) is 7. The highest BCUT2D eigenvalue weighted by Crippen LogP contribution is 2.40. The molecule has 0 amide bonds. The summed E-state index contributed by atoms with van der Waals surface area (Å²) in [6, 6.07) is 10.3. The van der Waals surface area contributed by atoms with Crippen LogP contribution in [0.1, 0.15) is 46.1 Å². The molecule has 1 aliphatic rings. The summed E-state index contributed by atoms with van der Waals surface area (Å²) in [5.74, 6) is 0. The Morgan fingerprint density at radius 2 is 1.25 bits per heavy atom. The SMILES string of the molecule is COCCOCCOCCOCCOC1CC(C)(C)N(OCc2ccccc2)C(C)(C)C1. The van der Waals surface area contributed by atoms with Gasteiger partial charge in [-0.2, -0.15) is 5.06 Å². The van der Waals surface area contributed by atoms with Gasteiger partial charge in [0.15, 0.2) is 0 Å². The quantitative estimate of drug-likeness (QED) is 0.352. The molecule has 1 heterocycles.